The maximum Gasteiger partial charge on any atom is 0.180 e. The van der Waals surface area contributed by atoms with E-state index in [-0.39, 0.29) is 0 Å². The summed E-state index contributed by atoms with van der Waals surface area (Å²) in [6.07, 6.45) is 0. The maximum absolute atomic E-state index is 6.51. The lowest BCUT2D eigenvalue weighted by atomic mass is 9.89. The van der Waals surface area contributed by atoms with E-state index < -0.39 is 0 Å². The van der Waals surface area contributed by atoms with Crippen LogP contribution in [0.4, 0.5) is 0 Å². The van der Waals surface area contributed by atoms with Crippen molar-refractivity contribution < 1.29 is 4.42 Å². The van der Waals surface area contributed by atoms with Crippen LogP contribution in [0.15, 0.2) is 174 Å². The molecule has 0 atom stereocenters. The molecule has 2 heterocycles. The lowest BCUT2D eigenvalue weighted by Crippen LogP contribution is -1.93. The molecule has 2 aromatic heterocycles. The zero-order valence-corrected chi connectivity index (χ0v) is 26.5. The summed E-state index contributed by atoms with van der Waals surface area (Å²) in [4.78, 5) is 10.1. The van der Waals surface area contributed by atoms with Crippen molar-refractivity contribution in [3.63, 3.8) is 0 Å². The van der Waals surface area contributed by atoms with Gasteiger partial charge in [-0.05, 0) is 72.8 Å². The van der Waals surface area contributed by atoms with Crippen LogP contribution in [0.2, 0.25) is 0 Å². The normalized spacial score (nSPS) is 11.7. The van der Waals surface area contributed by atoms with E-state index in [0.717, 1.165) is 44.4 Å². The van der Waals surface area contributed by atoms with E-state index in [9.17, 15) is 0 Å². The van der Waals surface area contributed by atoms with Gasteiger partial charge in [-0.15, -0.1) is 0 Å². The first-order valence-electron chi connectivity index (χ1n) is 16.6. The average molecular weight is 625 g/mol. The molecule has 8 aromatic carbocycles. The highest BCUT2D eigenvalue weighted by atomic mass is 16.3. The van der Waals surface area contributed by atoms with Crippen LogP contribution < -0.4 is 0 Å². The molecule has 0 amide bonds. The maximum atomic E-state index is 6.51. The Labute approximate surface area is 282 Å². The van der Waals surface area contributed by atoms with E-state index in [1.54, 1.807) is 0 Å². The van der Waals surface area contributed by atoms with Crippen molar-refractivity contribution in [2.45, 2.75) is 0 Å². The van der Waals surface area contributed by atoms with Crippen LogP contribution in [0.1, 0.15) is 0 Å². The van der Waals surface area contributed by atoms with Gasteiger partial charge in [0.2, 0.25) is 0 Å². The van der Waals surface area contributed by atoms with Crippen LogP contribution in [0, 0.1) is 0 Å². The van der Waals surface area contributed by atoms with Gasteiger partial charge in [-0.25, -0.2) is 9.97 Å². The summed E-state index contributed by atoms with van der Waals surface area (Å²) in [6.45, 7) is 0. The van der Waals surface area contributed by atoms with Gasteiger partial charge in [0, 0.05) is 16.5 Å². The monoisotopic (exact) mass is 624 g/mol. The van der Waals surface area contributed by atoms with E-state index in [1.165, 1.54) is 43.4 Å². The van der Waals surface area contributed by atoms with Gasteiger partial charge in [0.15, 0.2) is 11.4 Å². The minimum absolute atomic E-state index is 0.678. The van der Waals surface area contributed by atoms with Crippen LogP contribution in [0.25, 0.3) is 99.3 Å². The molecule has 10 aromatic rings. The van der Waals surface area contributed by atoms with Gasteiger partial charge in [-0.2, -0.15) is 0 Å². The largest absolute Gasteiger partial charge is 0.452 e. The number of hydrogen-bond acceptors (Lipinski definition) is 3. The Morgan fingerprint density at radius 3 is 1.65 bits per heavy atom. The summed E-state index contributed by atoms with van der Waals surface area (Å²) in [5.74, 6) is 0.678. The third-order valence-electron chi connectivity index (χ3n) is 9.67. The third kappa shape index (κ3) is 4.44. The lowest BCUT2D eigenvalue weighted by Gasteiger charge is -2.15. The standard InChI is InChI=1S/C46H28N2O/c1-3-13-29(14-4-1)43-45-44(48-46(47-43)30-15-5-2-6-16-30)40-28-32(25-26-41(40)49-45)31-17-11-18-33(27-31)34-23-12-24-39-37-20-8-7-19-35(37)36-21-9-10-22-38(36)42(34)39/h1-28H. The predicted molar refractivity (Wildman–Crippen MR) is 204 cm³/mol. The highest BCUT2D eigenvalue weighted by Gasteiger charge is 2.19. The van der Waals surface area contributed by atoms with Gasteiger partial charge in [-0.1, -0.05) is 152 Å². The van der Waals surface area contributed by atoms with Crippen molar-refractivity contribution in [2.24, 2.45) is 0 Å². The van der Waals surface area contributed by atoms with Crippen molar-refractivity contribution in [1.82, 2.24) is 9.97 Å². The first-order chi connectivity index (χ1) is 24.3. The molecule has 0 N–H and O–H groups in total. The molecule has 0 aliphatic carbocycles. The first-order valence-corrected chi connectivity index (χ1v) is 16.6. The summed E-state index contributed by atoms with van der Waals surface area (Å²) >= 11 is 0. The van der Waals surface area contributed by atoms with Gasteiger partial charge >= 0.3 is 0 Å². The van der Waals surface area contributed by atoms with Crippen molar-refractivity contribution in [3.05, 3.63) is 170 Å². The van der Waals surface area contributed by atoms with Gasteiger partial charge in [-0.3, -0.25) is 0 Å². The van der Waals surface area contributed by atoms with Crippen LogP contribution >= 0.6 is 0 Å². The Hall–Kier alpha value is -6.58. The first kappa shape index (κ1) is 27.5. The van der Waals surface area contributed by atoms with Gasteiger partial charge in [0.05, 0.1) is 0 Å². The molecule has 49 heavy (non-hydrogen) atoms. The number of nitrogens with zero attached hydrogens (tertiary/aromatic N) is 2. The number of aromatic nitrogens is 2. The molecular formula is C46H28N2O. The molecule has 3 nitrogen and oxygen atoms in total. The van der Waals surface area contributed by atoms with Gasteiger partial charge in [0.25, 0.3) is 0 Å². The van der Waals surface area contributed by atoms with Gasteiger partial charge in [0.1, 0.15) is 16.8 Å². The zero-order valence-electron chi connectivity index (χ0n) is 26.5. The second kappa shape index (κ2) is 11.0. The molecule has 0 aliphatic heterocycles. The molecule has 0 radical (unpaired) electrons. The quantitative estimate of drug-likeness (QED) is 0.183. The topological polar surface area (TPSA) is 38.9 Å². The van der Waals surface area contributed by atoms with E-state index in [0.29, 0.717) is 11.4 Å². The molecule has 0 saturated heterocycles. The van der Waals surface area contributed by atoms with Crippen LogP contribution in [-0.4, -0.2) is 9.97 Å². The number of benzene rings is 8. The fraction of sp³-hybridized carbons (Fsp3) is 0. The molecule has 3 heteroatoms. The number of fused-ring (bicyclic) bond motifs is 9. The van der Waals surface area contributed by atoms with Gasteiger partial charge < -0.3 is 4.42 Å². The van der Waals surface area contributed by atoms with E-state index in [2.05, 4.69) is 133 Å². The van der Waals surface area contributed by atoms with Crippen molar-refractivity contribution in [1.29, 1.82) is 0 Å². The predicted octanol–water partition coefficient (Wildman–Crippen LogP) is 12.5. The Kier molecular flexibility index (Phi) is 6.18. The summed E-state index contributed by atoms with van der Waals surface area (Å²) in [5.41, 5.74) is 9.70. The Balaban J connectivity index is 1.17. The number of hydrogen-bond donors (Lipinski definition) is 0. The molecule has 10 rings (SSSR count). The average Bonchev–Trinajstić information content (AvgIpc) is 3.56. The molecule has 0 fully saturated rings. The second-order valence-corrected chi connectivity index (χ2v) is 12.5. The summed E-state index contributed by atoms with van der Waals surface area (Å²) in [7, 11) is 0. The van der Waals surface area contributed by atoms with Crippen molar-refractivity contribution in [2.75, 3.05) is 0 Å². The molecular weight excluding hydrogens is 597 g/mol. The minimum atomic E-state index is 0.678. The Morgan fingerprint density at radius 1 is 0.367 bits per heavy atom. The number of furan rings is 1. The number of rotatable bonds is 4. The van der Waals surface area contributed by atoms with E-state index in [4.69, 9.17) is 14.4 Å². The van der Waals surface area contributed by atoms with Crippen LogP contribution in [0.3, 0.4) is 0 Å². The highest BCUT2D eigenvalue weighted by molar-refractivity contribution is 6.28. The molecule has 228 valence electrons. The molecule has 0 spiro atoms. The van der Waals surface area contributed by atoms with Crippen molar-refractivity contribution in [3.8, 4) is 44.9 Å². The third-order valence-corrected chi connectivity index (χ3v) is 9.67. The summed E-state index contributed by atoms with van der Waals surface area (Å²) < 4.78 is 6.51. The van der Waals surface area contributed by atoms with E-state index in [1.807, 2.05) is 36.4 Å². The minimum Gasteiger partial charge on any atom is -0.452 e. The fourth-order valence-electron chi connectivity index (χ4n) is 7.39. The smallest absolute Gasteiger partial charge is 0.180 e. The van der Waals surface area contributed by atoms with Crippen LogP contribution in [-0.2, 0) is 0 Å². The van der Waals surface area contributed by atoms with Crippen molar-refractivity contribution >= 4 is 54.4 Å². The Morgan fingerprint density at radius 2 is 0.918 bits per heavy atom. The highest BCUT2D eigenvalue weighted by Crippen LogP contribution is 2.42. The lowest BCUT2D eigenvalue weighted by molar-refractivity contribution is 0.667. The fourth-order valence-corrected chi connectivity index (χ4v) is 7.39. The SMILES string of the molecule is c1ccc(-c2nc(-c3ccccc3)c3oc4ccc(-c5cccc(-c6cccc7c8ccccc8c8ccccc8c67)c5)cc4c3n2)cc1. The second-order valence-electron chi connectivity index (χ2n) is 12.5. The summed E-state index contributed by atoms with van der Waals surface area (Å²) in [6, 6.07) is 59.9. The Bertz CT molecular complexity index is 2830. The molecule has 0 saturated carbocycles. The molecule has 0 bridgehead atoms. The molecule has 0 aliphatic rings. The summed E-state index contributed by atoms with van der Waals surface area (Å²) in [5, 5.41) is 8.63. The molecule has 0 unspecified atom stereocenters. The van der Waals surface area contributed by atoms with E-state index >= 15 is 0 Å². The van der Waals surface area contributed by atoms with Crippen LogP contribution in [0.5, 0.6) is 0 Å². The zero-order chi connectivity index (χ0) is 32.3.